The van der Waals surface area contributed by atoms with Gasteiger partial charge in [0.25, 0.3) is 0 Å². The normalized spacial score (nSPS) is 10.4. The zero-order valence-electron chi connectivity index (χ0n) is 15.8. The first-order valence-corrected chi connectivity index (χ1v) is 8.69. The third-order valence-electron chi connectivity index (χ3n) is 4.18. The lowest BCUT2D eigenvalue weighted by Gasteiger charge is -2.12. The average Bonchev–Trinajstić information content (AvgIpc) is 3.09. The number of anilines is 2. The van der Waals surface area contributed by atoms with Gasteiger partial charge in [0, 0.05) is 17.3 Å². The van der Waals surface area contributed by atoms with Gasteiger partial charge in [-0.15, -0.1) is 0 Å². The number of hydrogen-bond acceptors (Lipinski definition) is 4. The van der Waals surface area contributed by atoms with Crippen LogP contribution in [0.1, 0.15) is 12.6 Å². The number of nitrogens with zero attached hydrogens (tertiary/aromatic N) is 1. The Morgan fingerprint density at radius 3 is 2.64 bits per heavy atom. The lowest BCUT2D eigenvalue weighted by Crippen LogP contribution is -2.20. The molecule has 0 fully saturated rings. The largest absolute Gasteiger partial charge is 0.497 e. The molecule has 3 aromatic rings. The van der Waals surface area contributed by atoms with Crippen LogP contribution in [0.3, 0.4) is 0 Å². The van der Waals surface area contributed by atoms with Gasteiger partial charge in [0.15, 0.2) is 0 Å². The molecule has 1 aromatic heterocycles. The van der Waals surface area contributed by atoms with Crippen LogP contribution in [0.4, 0.5) is 20.6 Å². The second kappa shape index (κ2) is 8.43. The van der Waals surface area contributed by atoms with Gasteiger partial charge in [-0.2, -0.15) is 5.10 Å². The van der Waals surface area contributed by atoms with Gasteiger partial charge in [-0.05, 0) is 36.8 Å². The first-order valence-electron chi connectivity index (χ1n) is 8.69. The summed E-state index contributed by atoms with van der Waals surface area (Å²) in [6, 6.07) is 10.5. The Bertz CT molecular complexity index is 987. The molecule has 0 radical (unpaired) electrons. The molecular formula is C20H21FN4O3. The van der Waals surface area contributed by atoms with Crippen LogP contribution in [0.5, 0.6) is 11.5 Å². The highest BCUT2D eigenvalue weighted by Gasteiger charge is 2.20. The number of H-pyrrole nitrogens is 1. The van der Waals surface area contributed by atoms with E-state index in [-0.39, 0.29) is 0 Å². The molecule has 2 aromatic carbocycles. The van der Waals surface area contributed by atoms with Gasteiger partial charge >= 0.3 is 6.03 Å². The van der Waals surface area contributed by atoms with Crippen LogP contribution in [-0.4, -0.2) is 30.4 Å². The molecule has 146 valence electrons. The van der Waals surface area contributed by atoms with E-state index in [4.69, 9.17) is 9.47 Å². The number of aryl methyl sites for hydroxylation is 1. The fourth-order valence-corrected chi connectivity index (χ4v) is 2.80. The molecule has 2 amide bonds. The number of aromatic nitrogens is 2. The molecule has 0 spiro atoms. The predicted molar refractivity (Wildman–Crippen MR) is 106 cm³/mol. The van der Waals surface area contributed by atoms with Crippen LogP contribution in [0.15, 0.2) is 42.5 Å². The zero-order valence-corrected chi connectivity index (χ0v) is 15.8. The molecule has 0 aliphatic carbocycles. The summed E-state index contributed by atoms with van der Waals surface area (Å²) < 4.78 is 24.0. The number of nitrogens with one attached hydrogen (secondary N) is 3. The van der Waals surface area contributed by atoms with Gasteiger partial charge in [-0.3, -0.25) is 5.10 Å². The molecule has 0 saturated heterocycles. The summed E-state index contributed by atoms with van der Waals surface area (Å²) in [4.78, 5) is 12.5. The molecule has 7 nitrogen and oxygen atoms in total. The Labute approximate surface area is 161 Å². The minimum atomic E-state index is -0.504. The smallest absolute Gasteiger partial charge is 0.323 e. The van der Waals surface area contributed by atoms with Gasteiger partial charge in [-0.25, -0.2) is 9.18 Å². The molecule has 3 rings (SSSR count). The van der Waals surface area contributed by atoms with Gasteiger partial charge in [-0.1, -0.05) is 13.0 Å². The van der Waals surface area contributed by atoms with Crippen molar-refractivity contribution < 1.29 is 18.7 Å². The van der Waals surface area contributed by atoms with E-state index >= 15 is 0 Å². The molecule has 0 saturated carbocycles. The van der Waals surface area contributed by atoms with Crippen molar-refractivity contribution in [2.45, 2.75) is 13.3 Å². The Hall–Kier alpha value is -3.55. The molecule has 0 unspecified atom stereocenters. The van der Waals surface area contributed by atoms with Crippen molar-refractivity contribution >= 4 is 17.4 Å². The highest BCUT2D eigenvalue weighted by molar-refractivity contribution is 6.02. The third kappa shape index (κ3) is 4.06. The van der Waals surface area contributed by atoms with Crippen LogP contribution in [0, 0.1) is 5.82 Å². The summed E-state index contributed by atoms with van der Waals surface area (Å²) in [7, 11) is 3.12. The molecule has 8 heteroatoms. The number of urea groups is 1. The van der Waals surface area contributed by atoms with Gasteiger partial charge in [0.1, 0.15) is 23.0 Å². The number of carbonyl (C=O) groups is 1. The molecule has 0 atom stereocenters. The quantitative estimate of drug-likeness (QED) is 0.586. The second-order valence-corrected chi connectivity index (χ2v) is 5.94. The van der Waals surface area contributed by atoms with Gasteiger partial charge in [0.05, 0.1) is 25.6 Å². The van der Waals surface area contributed by atoms with E-state index in [9.17, 15) is 9.18 Å². The molecular weight excluding hydrogens is 363 g/mol. The lowest BCUT2D eigenvalue weighted by atomic mass is 10.1. The van der Waals surface area contributed by atoms with E-state index in [0.29, 0.717) is 40.6 Å². The Kier molecular flexibility index (Phi) is 5.78. The number of hydrogen-bond donors (Lipinski definition) is 3. The summed E-state index contributed by atoms with van der Waals surface area (Å²) in [6.45, 7) is 1.94. The van der Waals surface area contributed by atoms with Crippen molar-refractivity contribution in [2.75, 3.05) is 24.9 Å². The molecule has 0 aliphatic heterocycles. The van der Waals surface area contributed by atoms with E-state index in [1.807, 2.05) is 13.0 Å². The number of amides is 2. The number of benzene rings is 2. The van der Waals surface area contributed by atoms with Crippen LogP contribution in [0.25, 0.3) is 11.3 Å². The third-order valence-corrected chi connectivity index (χ3v) is 4.18. The fraction of sp³-hybridized carbons (Fsp3) is 0.200. The summed E-state index contributed by atoms with van der Waals surface area (Å²) >= 11 is 0. The number of carbonyl (C=O) groups excluding carboxylic acids is 1. The SMILES string of the molecule is CCc1[nH]nc(-c2ccc(OC)cc2OC)c1NC(=O)Nc1cccc(F)c1. The number of rotatable bonds is 6. The molecule has 1 heterocycles. The Balaban J connectivity index is 1.92. The van der Waals surface area contributed by atoms with Crippen molar-refractivity contribution in [3.05, 3.63) is 54.0 Å². The van der Waals surface area contributed by atoms with Crippen molar-refractivity contribution in [2.24, 2.45) is 0 Å². The lowest BCUT2D eigenvalue weighted by molar-refractivity contribution is 0.262. The molecule has 0 bridgehead atoms. The van der Waals surface area contributed by atoms with E-state index in [0.717, 1.165) is 5.69 Å². The van der Waals surface area contributed by atoms with E-state index < -0.39 is 11.8 Å². The van der Waals surface area contributed by atoms with Crippen molar-refractivity contribution in [1.82, 2.24) is 10.2 Å². The highest BCUT2D eigenvalue weighted by Crippen LogP contribution is 2.37. The van der Waals surface area contributed by atoms with Gasteiger partial charge < -0.3 is 20.1 Å². The highest BCUT2D eigenvalue weighted by atomic mass is 19.1. The van der Waals surface area contributed by atoms with Crippen molar-refractivity contribution in [3.8, 4) is 22.8 Å². The monoisotopic (exact) mass is 384 g/mol. The second-order valence-electron chi connectivity index (χ2n) is 5.94. The Morgan fingerprint density at radius 1 is 1.14 bits per heavy atom. The number of methoxy groups -OCH3 is 2. The summed E-state index contributed by atoms with van der Waals surface area (Å²) in [6.07, 6.45) is 0.626. The predicted octanol–water partition coefficient (Wildman–Crippen LogP) is 4.44. The maximum absolute atomic E-state index is 13.3. The van der Waals surface area contributed by atoms with E-state index in [1.165, 1.54) is 18.2 Å². The number of aromatic amines is 1. The number of ether oxygens (including phenoxy) is 2. The zero-order chi connectivity index (χ0) is 20.1. The van der Waals surface area contributed by atoms with Gasteiger partial charge in [0.2, 0.25) is 0 Å². The summed E-state index contributed by atoms with van der Waals surface area (Å²) in [5.41, 5.74) is 2.86. The first-order chi connectivity index (χ1) is 13.5. The number of halogens is 1. The minimum Gasteiger partial charge on any atom is -0.497 e. The van der Waals surface area contributed by atoms with E-state index in [1.54, 1.807) is 32.4 Å². The standard InChI is InChI=1S/C20H21FN4O3/c1-4-16-19(23-20(26)22-13-7-5-6-12(21)10-13)18(25-24-16)15-9-8-14(27-2)11-17(15)28-3/h5-11H,4H2,1-3H3,(H,24,25)(H2,22,23,26). The van der Waals surface area contributed by atoms with Crippen LogP contribution >= 0.6 is 0 Å². The minimum absolute atomic E-state index is 0.350. The van der Waals surface area contributed by atoms with E-state index in [2.05, 4.69) is 20.8 Å². The average molecular weight is 384 g/mol. The van der Waals surface area contributed by atoms with Crippen molar-refractivity contribution in [3.63, 3.8) is 0 Å². The Morgan fingerprint density at radius 2 is 1.96 bits per heavy atom. The maximum Gasteiger partial charge on any atom is 0.323 e. The topological polar surface area (TPSA) is 88.3 Å². The summed E-state index contributed by atoms with van der Waals surface area (Å²) in [5.74, 6) is 0.770. The summed E-state index contributed by atoms with van der Waals surface area (Å²) in [5, 5.41) is 12.7. The first kappa shape index (κ1) is 19.2. The maximum atomic E-state index is 13.3. The van der Waals surface area contributed by atoms with Crippen molar-refractivity contribution in [1.29, 1.82) is 0 Å². The van der Waals surface area contributed by atoms with Crippen LogP contribution in [0.2, 0.25) is 0 Å². The molecule has 28 heavy (non-hydrogen) atoms. The van der Waals surface area contributed by atoms with Crippen LogP contribution < -0.4 is 20.1 Å². The molecule has 3 N–H and O–H groups in total. The molecule has 0 aliphatic rings. The fourth-order valence-electron chi connectivity index (χ4n) is 2.80. The van der Waals surface area contributed by atoms with Crippen LogP contribution in [-0.2, 0) is 6.42 Å².